The second kappa shape index (κ2) is 5.77. The molecular weight excluding hydrogens is 252 g/mol. The molecule has 0 aliphatic carbocycles. The summed E-state index contributed by atoms with van der Waals surface area (Å²) in [5, 5.41) is 0.863. The highest BCUT2D eigenvalue weighted by atomic mass is 32.1. The lowest BCUT2D eigenvalue weighted by Crippen LogP contribution is -2.35. The summed E-state index contributed by atoms with van der Waals surface area (Å²) in [6.07, 6.45) is -0.0318. The summed E-state index contributed by atoms with van der Waals surface area (Å²) in [5.41, 5.74) is 0.425. The fourth-order valence-corrected chi connectivity index (χ4v) is 2.82. The predicted octanol–water partition coefficient (Wildman–Crippen LogP) is 1.63. The Morgan fingerprint density at radius 1 is 1.67 bits per heavy atom. The molecule has 1 aliphatic rings. The molecule has 0 bridgehead atoms. The number of nitrogens with zero attached hydrogens (tertiary/aromatic N) is 2. The minimum absolute atomic E-state index is 0.0318. The molecular formula is C12H18N2O3S. The summed E-state index contributed by atoms with van der Waals surface area (Å²) >= 11 is 1.51. The Hall–Kier alpha value is -0.980. The molecule has 2 rings (SSSR count). The first kappa shape index (κ1) is 13.5. The number of thiazole rings is 1. The fraction of sp³-hybridized carbons (Fsp3) is 0.667. The predicted molar refractivity (Wildman–Crippen MR) is 69.0 cm³/mol. The van der Waals surface area contributed by atoms with Gasteiger partial charge in [-0.2, -0.15) is 0 Å². The molecule has 0 N–H and O–H groups in total. The molecule has 1 aromatic rings. The van der Waals surface area contributed by atoms with Crippen molar-refractivity contribution in [2.45, 2.75) is 20.0 Å². The number of carbonyl (C=O) groups is 1. The number of rotatable bonds is 3. The quantitative estimate of drug-likeness (QED) is 0.781. The van der Waals surface area contributed by atoms with Crippen molar-refractivity contribution in [3.63, 3.8) is 0 Å². The van der Waals surface area contributed by atoms with Gasteiger partial charge in [0.2, 0.25) is 0 Å². The topological polar surface area (TPSA) is 51.7 Å². The van der Waals surface area contributed by atoms with Crippen molar-refractivity contribution in [1.29, 1.82) is 0 Å². The first-order chi connectivity index (χ1) is 8.61. The monoisotopic (exact) mass is 270 g/mol. The van der Waals surface area contributed by atoms with Crippen LogP contribution in [-0.2, 0) is 9.47 Å². The minimum atomic E-state index is -0.346. The Labute approximate surface area is 111 Å². The van der Waals surface area contributed by atoms with E-state index in [2.05, 4.69) is 16.9 Å². The number of ether oxygens (including phenoxy) is 2. The second-order valence-corrected chi connectivity index (χ2v) is 5.53. The van der Waals surface area contributed by atoms with E-state index in [1.54, 1.807) is 6.92 Å². The van der Waals surface area contributed by atoms with Gasteiger partial charge < -0.3 is 14.4 Å². The van der Waals surface area contributed by atoms with Gasteiger partial charge in [0, 0.05) is 18.0 Å². The van der Waals surface area contributed by atoms with Crippen LogP contribution >= 0.6 is 11.3 Å². The van der Waals surface area contributed by atoms with E-state index >= 15 is 0 Å². The standard InChI is InChI=1S/C12H18N2O3S/c1-4-16-12(15)10-8(2)18-11(13-10)9-7-14(3)5-6-17-9/h9H,4-7H2,1-3H3. The SMILES string of the molecule is CCOC(=O)c1nc(C2CN(C)CCO2)sc1C. The van der Waals surface area contributed by atoms with Gasteiger partial charge in [-0.05, 0) is 20.9 Å². The van der Waals surface area contributed by atoms with Crippen LogP contribution in [0.4, 0.5) is 0 Å². The first-order valence-electron chi connectivity index (χ1n) is 6.06. The smallest absolute Gasteiger partial charge is 0.358 e. The van der Waals surface area contributed by atoms with Crippen LogP contribution in [0.5, 0.6) is 0 Å². The Morgan fingerprint density at radius 3 is 3.11 bits per heavy atom. The van der Waals surface area contributed by atoms with Crippen LogP contribution < -0.4 is 0 Å². The Bertz CT molecular complexity index is 433. The summed E-state index contributed by atoms with van der Waals surface area (Å²) in [6, 6.07) is 0. The highest BCUT2D eigenvalue weighted by Gasteiger charge is 2.25. The average molecular weight is 270 g/mol. The third-order valence-corrected chi connectivity index (χ3v) is 3.89. The van der Waals surface area contributed by atoms with Crippen molar-refractivity contribution in [1.82, 2.24) is 9.88 Å². The molecule has 5 nitrogen and oxygen atoms in total. The number of esters is 1. The van der Waals surface area contributed by atoms with E-state index in [0.717, 1.165) is 23.0 Å². The highest BCUT2D eigenvalue weighted by molar-refractivity contribution is 7.11. The fourth-order valence-electron chi connectivity index (χ4n) is 1.87. The normalized spacial score (nSPS) is 20.9. The molecule has 0 aromatic carbocycles. The molecule has 1 aromatic heterocycles. The van der Waals surface area contributed by atoms with E-state index in [-0.39, 0.29) is 12.1 Å². The largest absolute Gasteiger partial charge is 0.461 e. The molecule has 18 heavy (non-hydrogen) atoms. The van der Waals surface area contributed by atoms with Crippen LogP contribution in [0.15, 0.2) is 0 Å². The van der Waals surface area contributed by atoms with E-state index in [0.29, 0.717) is 18.9 Å². The van der Waals surface area contributed by atoms with Crippen LogP contribution in [0.25, 0.3) is 0 Å². The molecule has 6 heteroatoms. The average Bonchev–Trinajstić information content (AvgIpc) is 2.72. The zero-order chi connectivity index (χ0) is 13.1. The maximum atomic E-state index is 11.7. The number of hydrogen-bond acceptors (Lipinski definition) is 6. The maximum absolute atomic E-state index is 11.7. The Morgan fingerprint density at radius 2 is 2.44 bits per heavy atom. The summed E-state index contributed by atoms with van der Waals surface area (Å²) in [5.74, 6) is -0.346. The van der Waals surface area contributed by atoms with Crippen LogP contribution in [0.3, 0.4) is 0 Å². The lowest BCUT2D eigenvalue weighted by molar-refractivity contribution is -0.0210. The van der Waals surface area contributed by atoms with E-state index in [9.17, 15) is 4.79 Å². The van der Waals surface area contributed by atoms with Crippen LogP contribution in [0.1, 0.15) is 33.4 Å². The summed E-state index contributed by atoms with van der Waals surface area (Å²) < 4.78 is 10.7. The molecule has 100 valence electrons. The molecule has 0 radical (unpaired) electrons. The number of aryl methyl sites for hydroxylation is 1. The molecule has 2 heterocycles. The number of hydrogen-bond donors (Lipinski definition) is 0. The van der Waals surface area contributed by atoms with E-state index < -0.39 is 0 Å². The van der Waals surface area contributed by atoms with Crippen molar-refractivity contribution >= 4 is 17.3 Å². The minimum Gasteiger partial charge on any atom is -0.461 e. The van der Waals surface area contributed by atoms with Crippen LogP contribution in [0.2, 0.25) is 0 Å². The summed E-state index contributed by atoms with van der Waals surface area (Å²) in [6.45, 7) is 6.50. The number of carbonyl (C=O) groups excluding carboxylic acids is 1. The molecule has 0 amide bonds. The van der Waals surface area contributed by atoms with E-state index in [4.69, 9.17) is 9.47 Å². The van der Waals surface area contributed by atoms with Crippen LogP contribution in [0, 0.1) is 6.92 Å². The van der Waals surface area contributed by atoms with Gasteiger partial charge in [-0.1, -0.05) is 0 Å². The summed E-state index contributed by atoms with van der Waals surface area (Å²) in [7, 11) is 2.06. The summed E-state index contributed by atoms with van der Waals surface area (Å²) in [4.78, 5) is 19.2. The van der Waals surface area contributed by atoms with Crippen LogP contribution in [-0.4, -0.2) is 49.2 Å². The van der Waals surface area contributed by atoms with E-state index in [1.807, 2.05) is 6.92 Å². The maximum Gasteiger partial charge on any atom is 0.358 e. The Balaban J connectivity index is 2.15. The van der Waals surface area contributed by atoms with Crippen molar-refractivity contribution in [2.75, 3.05) is 33.4 Å². The van der Waals surface area contributed by atoms with Gasteiger partial charge in [-0.25, -0.2) is 9.78 Å². The van der Waals surface area contributed by atoms with Gasteiger partial charge in [0.15, 0.2) is 5.69 Å². The third-order valence-electron chi connectivity index (χ3n) is 2.83. The zero-order valence-corrected chi connectivity index (χ0v) is 11.7. The van der Waals surface area contributed by atoms with Gasteiger partial charge in [0.1, 0.15) is 11.1 Å². The Kier molecular flexibility index (Phi) is 4.31. The van der Waals surface area contributed by atoms with Crippen molar-refractivity contribution in [3.05, 3.63) is 15.6 Å². The van der Waals surface area contributed by atoms with Gasteiger partial charge in [-0.15, -0.1) is 11.3 Å². The van der Waals surface area contributed by atoms with Gasteiger partial charge in [0.25, 0.3) is 0 Å². The molecule has 1 unspecified atom stereocenters. The van der Waals surface area contributed by atoms with E-state index in [1.165, 1.54) is 11.3 Å². The van der Waals surface area contributed by atoms with Gasteiger partial charge >= 0.3 is 5.97 Å². The van der Waals surface area contributed by atoms with Crippen molar-refractivity contribution < 1.29 is 14.3 Å². The van der Waals surface area contributed by atoms with Crippen molar-refractivity contribution in [2.24, 2.45) is 0 Å². The third kappa shape index (κ3) is 2.88. The zero-order valence-electron chi connectivity index (χ0n) is 10.9. The molecule has 1 fully saturated rings. The number of aromatic nitrogens is 1. The van der Waals surface area contributed by atoms with Crippen molar-refractivity contribution in [3.8, 4) is 0 Å². The lowest BCUT2D eigenvalue weighted by atomic mass is 10.3. The second-order valence-electron chi connectivity index (χ2n) is 4.30. The van der Waals surface area contributed by atoms with Gasteiger partial charge in [0.05, 0.1) is 13.2 Å². The first-order valence-corrected chi connectivity index (χ1v) is 6.88. The van der Waals surface area contributed by atoms with Gasteiger partial charge in [-0.3, -0.25) is 0 Å². The molecule has 1 aliphatic heterocycles. The molecule has 0 spiro atoms. The molecule has 0 saturated carbocycles. The molecule has 1 atom stereocenters. The number of morpholine rings is 1. The number of likely N-dealkylation sites (N-methyl/N-ethyl adjacent to an activating group) is 1. The lowest BCUT2D eigenvalue weighted by Gasteiger charge is -2.28. The molecule has 1 saturated heterocycles. The highest BCUT2D eigenvalue weighted by Crippen LogP contribution is 2.28.